The second kappa shape index (κ2) is 9.32. The van der Waals surface area contributed by atoms with Crippen molar-refractivity contribution in [1.29, 1.82) is 0 Å². The van der Waals surface area contributed by atoms with E-state index in [2.05, 4.69) is 0 Å². The van der Waals surface area contributed by atoms with E-state index in [4.69, 9.17) is 14.2 Å². The van der Waals surface area contributed by atoms with Crippen molar-refractivity contribution in [2.45, 2.75) is 5.92 Å². The first kappa shape index (κ1) is 22.4. The van der Waals surface area contributed by atoms with Crippen LogP contribution in [0.25, 0.3) is 0 Å². The summed E-state index contributed by atoms with van der Waals surface area (Å²) >= 11 is 0. The summed E-state index contributed by atoms with van der Waals surface area (Å²) in [5, 5.41) is -0.224. The average molecular weight is 380 g/mol. The van der Waals surface area contributed by atoms with Crippen LogP contribution in [0.3, 0.4) is 0 Å². The van der Waals surface area contributed by atoms with E-state index in [1.807, 2.05) is 0 Å². The summed E-state index contributed by atoms with van der Waals surface area (Å²) in [7, 11) is 2.19. The van der Waals surface area contributed by atoms with Crippen molar-refractivity contribution >= 4 is 38.5 Å². The number of ether oxygens (including phenoxy) is 3. The molecule has 0 fully saturated rings. The van der Waals surface area contributed by atoms with E-state index in [9.17, 15) is 18.0 Å². The van der Waals surface area contributed by atoms with Gasteiger partial charge in [-0.2, -0.15) is 13.2 Å². The van der Waals surface area contributed by atoms with E-state index >= 15 is 0 Å². The fraction of sp³-hybridized carbons (Fsp3) is 0.235. The van der Waals surface area contributed by atoms with E-state index in [1.54, 1.807) is 30.3 Å². The fourth-order valence-electron chi connectivity index (χ4n) is 2.35. The van der Waals surface area contributed by atoms with Crippen molar-refractivity contribution in [1.82, 2.24) is 0 Å². The third-order valence-corrected chi connectivity index (χ3v) is 4.39. The number of carbonyl (C=O) groups excluding carboxylic acids is 1. The van der Waals surface area contributed by atoms with Gasteiger partial charge in [-0.25, -0.2) is 0 Å². The van der Waals surface area contributed by atoms with Gasteiger partial charge in [0.1, 0.15) is 22.8 Å². The van der Waals surface area contributed by atoms with E-state index < -0.39 is 20.3 Å². The van der Waals surface area contributed by atoms with Gasteiger partial charge in [0, 0.05) is 20.2 Å². The summed E-state index contributed by atoms with van der Waals surface area (Å²) in [5.74, 6) is -5.12. The molecule has 0 spiro atoms. The normalized spacial score (nSPS) is 11.2. The molecule has 0 aromatic heterocycles. The number of hydrogen-bond acceptors (Lipinski definition) is 4. The molecule has 0 N–H and O–H groups in total. The number of ketones is 1. The Kier molecular flexibility index (Phi) is 8.02. The van der Waals surface area contributed by atoms with E-state index in [0.29, 0.717) is 5.56 Å². The maximum absolute atomic E-state index is 13.0. The zero-order chi connectivity index (χ0) is 18.6. The first-order valence-corrected chi connectivity index (χ1v) is 8.10. The number of rotatable bonds is 6. The molecule has 1 unspecified atom stereocenters. The van der Waals surface area contributed by atoms with Crippen LogP contribution in [-0.2, 0) is 0 Å². The zero-order valence-electron chi connectivity index (χ0n) is 13.7. The second-order valence-corrected chi connectivity index (χ2v) is 6.20. The van der Waals surface area contributed by atoms with Crippen molar-refractivity contribution in [2.24, 2.45) is 0 Å². The Morgan fingerprint density at radius 1 is 0.962 bits per heavy atom. The number of hydrogen-bond donors (Lipinski definition) is 0. The molecule has 0 bridgehead atoms. The number of alkyl halides is 3. The molecule has 0 aliphatic carbocycles. The molecular weight excluding hydrogens is 363 g/mol. The number of methoxy groups -OCH3 is 3. The molecule has 2 rings (SSSR count). The monoisotopic (exact) mass is 380 g/mol. The van der Waals surface area contributed by atoms with Gasteiger partial charge in [-0.15, -0.1) is 0 Å². The number of halogens is 3. The maximum atomic E-state index is 13.0. The molecule has 9 heteroatoms. The molecule has 2 aromatic rings. The average Bonchev–Trinajstić information content (AvgIpc) is 2.59. The topological polar surface area (TPSA) is 44.8 Å². The molecule has 0 amide bonds. The quantitative estimate of drug-likeness (QED) is 0.439. The number of carbonyl (C=O) groups is 1. The van der Waals surface area contributed by atoms with Crippen LogP contribution in [0.5, 0.6) is 17.2 Å². The van der Waals surface area contributed by atoms with Gasteiger partial charge in [0.15, 0.2) is 0 Å². The second-order valence-electron chi connectivity index (χ2n) is 4.88. The standard InChI is InChI=1S/C17H16F3O4P.Li.H/c1-22-11-9-12(23-2)16(25-17(18,19)20)15(24-3)13(11)14(21)10-7-5-4-6-8-10;;/h4-9,25H,1-3H3;;. The molecule has 0 aliphatic heterocycles. The Labute approximate surface area is 163 Å². The third-order valence-electron chi connectivity index (χ3n) is 3.38. The van der Waals surface area contributed by atoms with Gasteiger partial charge in [-0.3, -0.25) is 4.79 Å². The minimum atomic E-state index is -4.47. The van der Waals surface area contributed by atoms with Crippen molar-refractivity contribution in [2.75, 3.05) is 21.3 Å². The molecule has 136 valence electrons. The van der Waals surface area contributed by atoms with Gasteiger partial charge in [-0.05, 0) is 0 Å². The van der Waals surface area contributed by atoms with Gasteiger partial charge in [-0.1, -0.05) is 30.3 Å². The minimum absolute atomic E-state index is 0. The molecule has 0 heterocycles. The van der Waals surface area contributed by atoms with Crippen LogP contribution in [0.2, 0.25) is 0 Å². The molecule has 0 radical (unpaired) electrons. The van der Waals surface area contributed by atoms with Crippen molar-refractivity contribution < 1.29 is 32.2 Å². The predicted molar refractivity (Wildman–Crippen MR) is 97.1 cm³/mol. The van der Waals surface area contributed by atoms with Crippen molar-refractivity contribution in [3.05, 3.63) is 47.5 Å². The zero-order valence-corrected chi connectivity index (χ0v) is 14.7. The summed E-state index contributed by atoms with van der Waals surface area (Å²) < 4.78 is 54.4. The third kappa shape index (κ3) is 4.94. The summed E-state index contributed by atoms with van der Waals surface area (Å²) in [6, 6.07) is 9.46. The van der Waals surface area contributed by atoms with Gasteiger partial charge < -0.3 is 14.2 Å². The van der Waals surface area contributed by atoms with Gasteiger partial charge in [0.25, 0.3) is 0 Å². The summed E-state index contributed by atoms with van der Waals surface area (Å²) in [5.41, 5.74) is 0.245. The number of benzene rings is 2. The predicted octanol–water partition coefficient (Wildman–Crippen LogP) is 3.12. The van der Waals surface area contributed by atoms with Crippen LogP contribution < -0.4 is 19.5 Å². The first-order valence-electron chi connectivity index (χ1n) is 7.10. The van der Waals surface area contributed by atoms with Crippen molar-refractivity contribution in [3.8, 4) is 17.2 Å². The van der Waals surface area contributed by atoms with Gasteiger partial charge in [0.2, 0.25) is 5.78 Å². The van der Waals surface area contributed by atoms with Gasteiger partial charge >= 0.3 is 24.8 Å². The molecule has 0 saturated heterocycles. The van der Waals surface area contributed by atoms with Crippen LogP contribution in [0.15, 0.2) is 36.4 Å². The van der Waals surface area contributed by atoms with E-state index in [1.165, 1.54) is 27.4 Å². The Morgan fingerprint density at radius 2 is 1.54 bits per heavy atom. The Balaban J connectivity index is 0.00000338. The van der Waals surface area contributed by atoms with Crippen LogP contribution in [0.1, 0.15) is 15.9 Å². The molecular formula is C17H17F3LiO4P. The van der Waals surface area contributed by atoms with Crippen molar-refractivity contribution in [3.63, 3.8) is 0 Å². The Bertz CT molecular complexity index is 767. The van der Waals surface area contributed by atoms with Crippen LogP contribution >= 0.6 is 8.58 Å². The summed E-state index contributed by atoms with van der Waals surface area (Å²) in [6.07, 6.45) is 0. The SMILES string of the molecule is COc1cc(OC)c(C(=O)c2ccccc2)c(OC)c1PC(F)(F)F.[LiH]. The summed E-state index contributed by atoms with van der Waals surface area (Å²) in [6.45, 7) is 0. The Hall–Kier alpha value is -1.67. The van der Waals surface area contributed by atoms with Gasteiger partial charge in [0.05, 0.1) is 26.6 Å². The molecule has 0 aliphatic rings. The van der Waals surface area contributed by atoms with Crippen LogP contribution in [0, 0.1) is 0 Å². The molecule has 0 saturated carbocycles. The fourth-order valence-corrected chi connectivity index (χ4v) is 3.27. The molecule has 26 heavy (non-hydrogen) atoms. The van der Waals surface area contributed by atoms with Crippen LogP contribution in [0.4, 0.5) is 13.2 Å². The summed E-state index contributed by atoms with van der Waals surface area (Å²) in [4.78, 5) is 12.8. The molecule has 1 atom stereocenters. The van der Waals surface area contributed by atoms with Crippen LogP contribution in [-0.4, -0.2) is 51.9 Å². The Morgan fingerprint density at radius 3 is 2.00 bits per heavy atom. The molecule has 2 aromatic carbocycles. The first-order chi connectivity index (χ1) is 11.8. The van der Waals surface area contributed by atoms with E-state index in [-0.39, 0.29) is 47.0 Å². The molecule has 4 nitrogen and oxygen atoms in total. The van der Waals surface area contributed by atoms with E-state index in [0.717, 1.165) is 0 Å².